The maximum absolute atomic E-state index is 12.9. The average Bonchev–Trinajstić information content (AvgIpc) is 3.44. The van der Waals surface area contributed by atoms with Gasteiger partial charge in [-0.1, -0.05) is 320 Å². The van der Waals surface area contributed by atoms with Gasteiger partial charge in [0.25, 0.3) is 0 Å². The first-order valence-electron chi connectivity index (χ1n) is 34.6. The highest BCUT2D eigenvalue weighted by molar-refractivity contribution is 5.71. The van der Waals surface area contributed by atoms with E-state index < -0.39 is 6.10 Å². The Morgan fingerprint density at radius 2 is 0.462 bits per heavy atom. The van der Waals surface area contributed by atoms with Gasteiger partial charge in [-0.25, -0.2) is 0 Å². The number of ether oxygens (including phenoxy) is 3. The molecule has 0 saturated carbocycles. The van der Waals surface area contributed by atoms with Crippen LogP contribution in [0.25, 0.3) is 0 Å². The van der Waals surface area contributed by atoms with Crippen molar-refractivity contribution < 1.29 is 28.6 Å². The van der Waals surface area contributed by atoms with Crippen LogP contribution in [-0.2, 0) is 28.6 Å². The van der Waals surface area contributed by atoms with Gasteiger partial charge in [-0.3, -0.25) is 14.4 Å². The first-order chi connectivity index (χ1) is 38.5. The average molecular weight is 1090 g/mol. The molecule has 1 atom stereocenters. The second-order valence-electron chi connectivity index (χ2n) is 23.4. The molecule has 78 heavy (non-hydrogen) atoms. The molecule has 0 aliphatic heterocycles. The molecule has 0 aromatic heterocycles. The molecule has 0 fully saturated rings. The molecule has 0 amide bonds. The molecule has 0 saturated heterocycles. The fraction of sp³-hybridized carbons (Fsp3) is 0.847. The standard InChI is InChI=1S/C72H132O6/c1-4-7-10-13-16-18-20-22-24-26-28-30-32-33-34-35-36-37-38-39-41-42-44-46-48-50-52-54-56-59-62-65-71(74)77-68-69(67-76-70(73)64-61-58-15-12-9-6-3)78-72(75)66-63-60-57-55-53-51-49-47-45-43-40-31-29-27-25-23-21-19-17-14-11-8-5-2/h20-23,26-29,69H,4-19,24-25,30-68H2,1-3H3/b22-20-,23-21-,28-26-,29-27-. The fourth-order valence-corrected chi connectivity index (χ4v) is 10.3. The minimum Gasteiger partial charge on any atom is -0.462 e. The van der Waals surface area contributed by atoms with Gasteiger partial charge in [0.1, 0.15) is 13.2 Å². The molecular weight excluding hydrogens is 961 g/mol. The highest BCUT2D eigenvalue weighted by atomic mass is 16.6. The lowest BCUT2D eigenvalue weighted by atomic mass is 10.0. The monoisotopic (exact) mass is 1090 g/mol. The molecule has 0 bridgehead atoms. The van der Waals surface area contributed by atoms with E-state index in [9.17, 15) is 14.4 Å². The lowest BCUT2D eigenvalue weighted by Crippen LogP contribution is -2.30. The summed E-state index contributed by atoms with van der Waals surface area (Å²) in [6.07, 6.45) is 84.7. The Bertz CT molecular complexity index is 1350. The van der Waals surface area contributed by atoms with Crippen molar-refractivity contribution in [3.05, 3.63) is 48.6 Å². The van der Waals surface area contributed by atoms with E-state index in [0.29, 0.717) is 19.3 Å². The Morgan fingerprint density at radius 3 is 0.705 bits per heavy atom. The van der Waals surface area contributed by atoms with E-state index in [1.165, 1.54) is 263 Å². The van der Waals surface area contributed by atoms with Gasteiger partial charge < -0.3 is 14.2 Å². The van der Waals surface area contributed by atoms with E-state index in [0.717, 1.165) is 70.6 Å². The van der Waals surface area contributed by atoms with Crippen LogP contribution in [0.5, 0.6) is 0 Å². The summed E-state index contributed by atoms with van der Waals surface area (Å²) in [7, 11) is 0. The van der Waals surface area contributed by atoms with Crippen LogP contribution in [0.3, 0.4) is 0 Å². The molecule has 0 rings (SSSR count). The SMILES string of the molecule is CCCCCCC/C=C\C/C=C\CCCCCCCCCCCCCCCCCCCCCC(=O)OCC(COC(=O)CCCCCCCC)OC(=O)CCCCCCCCCCCCC/C=C\C/C=C\CCCCCCC. The van der Waals surface area contributed by atoms with Crippen molar-refractivity contribution in [3.8, 4) is 0 Å². The molecule has 0 aliphatic rings. The highest BCUT2D eigenvalue weighted by Crippen LogP contribution is 2.18. The number of unbranched alkanes of at least 4 members (excludes halogenated alkanes) is 45. The molecule has 0 N–H and O–H groups in total. The van der Waals surface area contributed by atoms with Crippen molar-refractivity contribution in [2.75, 3.05) is 13.2 Å². The van der Waals surface area contributed by atoms with Gasteiger partial charge in [0.15, 0.2) is 6.10 Å². The molecule has 0 radical (unpaired) electrons. The van der Waals surface area contributed by atoms with Crippen LogP contribution < -0.4 is 0 Å². The fourth-order valence-electron chi connectivity index (χ4n) is 10.3. The van der Waals surface area contributed by atoms with Gasteiger partial charge in [0.2, 0.25) is 0 Å². The third-order valence-corrected chi connectivity index (χ3v) is 15.6. The molecule has 0 aromatic carbocycles. The first kappa shape index (κ1) is 75.4. The molecule has 6 nitrogen and oxygen atoms in total. The molecular formula is C72H132O6. The van der Waals surface area contributed by atoms with Crippen LogP contribution >= 0.6 is 0 Å². The molecule has 6 heteroatoms. The van der Waals surface area contributed by atoms with Gasteiger partial charge in [-0.05, 0) is 83.5 Å². The third kappa shape index (κ3) is 64.2. The minimum absolute atomic E-state index is 0.0695. The second-order valence-corrected chi connectivity index (χ2v) is 23.4. The number of esters is 3. The smallest absolute Gasteiger partial charge is 0.306 e. The van der Waals surface area contributed by atoms with Gasteiger partial charge in [-0.15, -0.1) is 0 Å². The van der Waals surface area contributed by atoms with Crippen LogP contribution in [0, 0.1) is 0 Å². The summed E-state index contributed by atoms with van der Waals surface area (Å²) >= 11 is 0. The summed E-state index contributed by atoms with van der Waals surface area (Å²) in [6, 6.07) is 0. The molecule has 1 unspecified atom stereocenters. The quantitative estimate of drug-likeness (QED) is 0.0261. The van der Waals surface area contributed by atoms with Crippen molar-refractivity contribution in [1.82, 2.24) is 0 Å². The van der Waals surface area contributed by atoms with Gasteiger partial charge in [0, 0.05) is 19.3 Å². The Morgan fingerprint density at radius 1 is 0.256 bits per heavy atom. The van der Waals surface area contributed by atoms with Crippen LogP contribution in [0.1, 0.15) is 374 Å². The van der Waals surface area contributed by atoms with Crippen LogP contribution in [0.2, 0.25) is 0 Å². The minimum atomic E-state index is -0.770. The van der Waals surface area contributed by atoms with Crippen molar-refractivity contribution in [3.63, 3.8) is 0 Å². The van der Waals surface area contributed by atoms with Crippen LogP contribution in [0.15, 0.2) is 48.6 Å². The summed E-state index contributed by atoms with van der Waals surface area (Å²) in [5.41, 5.74) is 0. The topological polar surface area (TPSA) is 78.9 Å². The molecule has 0 spiro atoms. The summed E-state index contributed by atoms with van der Waals surface area (Å²) < 4.78 is 16.8. The molecule has 0 aromatic rings. The Labute approximate surface area is 486 Å². The number of hydrogen-bond donors (Lipinski definition) is 0. The highest BCUT2D eigenvalue weighted by Gasteiger charge is 2.19. The van der Waals surface area contributed by atoms with E-state index in [1.54, 1.807) is 0 Å². The predicted octanol–water partition coefficient (Wildman–Crippen LogP) is 23.7. The van der Waals surface area contributed by atoms with E-state index in [1.807, 2.05) is 0 Å². The van der Waals surface area contributed by atoms with Crippen molar-refractivity contribution >= 4 is 17.9 Å². The normalized spacial score (nSPS) is 12.3. The number of hydrogen-bond acceptors (Lipinski definition) is 6. The van der Waals surface area contributed by atoms with Crippen LogP contribution in [0.4, 0.5) is 0 Å². The summed E-state index contributed by atoms with van der Waals surface area (Å²) in [4.78, 5) is 38.1. The first-order valence-corrected chi connectivity index (χ1v) is 34.6. The lowest BCUT2D eigenvalue weighted by Gasteiger charge is -2.18. The predicted molar refractivity (Wildman–Crippen MR) is 339 cm³/mol. The van der Waals surface area contributed by atoms with Gasteiger partial charge in [-0.2, -0.15) is 0 Å². The maximum Gasteiger partial charge on any atom is 0.306 e. The second kappa shape index (κ2) is 66.9. The molecule has 0 aliphatic carbocycles. The number of allylic oxidation sites excluding steroid dienone is 8. The molecule has 456 valence electrons. The zero-order chi connectivity index (χ0) is 56.4. The Hall–Kier alpha value is -2.63. The van der Waals surface area contributed by atoms with Gasteiger partial charge >= 0.3 is 17.9 Å². The van der Waals surface area contributed by atoms with Crippen molar-refractivity contribution in [1.29, 1.82) is 0 Å². The number of carbonyl (C=O) groups is 3. The van der Waals surface area contributed by atoms with E-state index in [4.69, 9.17) is 14.2 Å². The third-order valence-electron chi connectivity index (χ3n) is 15.6. The van der Waals surface area contributed by atoms with Gasteiger partial charge in [0.05, 0.1) is 0 Å². The lowest BCUT2D eigenvalue weighted by molar-refractivity contribution is -0.167. The Balaban J connectivity index is 3.98. The summed E-state index contributed by atoms with van der Waals surface area (Å²) in [5, 5.41) is 0. The van der Waals surface area contributed by atoms with E-state index >= 15 is 0 Å². The molecule has 0 heterocycles. The Kier molecular flexibility index (Phi) is 64.6. The van der Waals surface area contributed by atoms with E-state index in [-0.39, 0.29) is 31.1 Å². The van der Waals surface area contributed by atoms with E-state index in [2.05, 4.69) is 69.4 Å². The number of carbonyl (C=O) groups excluding carboxylic acids is 3. The van der Waals surface area contributed by atoms with Crippen LogP contribution in [-0.4, -0.2) is 37.2 Å². The maximum atomic E-state index is 12.9. The zero-order valence-corrected chi connectivity index (χ0v) is 52.5. The number of rotatable bonds is 64. The summed E-state index contributed by atoms with van der Waals surface area (Å²) in [6.45, 7) is 6.61. The largest absolute Gasteiger partial charge is 0.462 e. The van der Waals surface area contributed by atoms with Crippen molar-refractivity contribution in [2.24, 2.45) is 0 Å². The zero-order valence-electron chi connectivity index (χ0n) is 52.5. The summed E-state index contributed by atoms with van der Waals surface area (Å²) in [5.74, 6) is -0.860. The van der Waals surface area contributed by atoms with Crippen molar-refractivity contribution in [2.45, 2.75) is 380 Å².